The topological polar surface area (TPSA) is 79.8 Å². The molecule has 1 saturated carbocycles. The average Bonchev–Trinajstić information content (AvgIpc) is 3.52. The highest BCUT2D eigenvalue weighted by atomic mass is 19.4. The maximum absolute atomic E-state index is 13.9. The summed E-state index contributed by atoms with van der Waals surface area (Å²) >= 11 is 0. The van der Waals surface area contributed by atoms with E-state index in [1.807, 2.05) is 0 Å². The quantitative estimate of drug-likeness (QED) is 0.500. The molecule has 2 heterocycles. The Bertz CT molecular complexity index is 1200. The summed E-state index contributed by atoms with van der Waals surface area (Å²) in [6.45, 7) is 1.28. The van der Waals surface area contributed by atoms with Gasteiger partial charge >= 0.3 is 6.18 Å². The van der Waals surface area contributed by atoms with E-state index < -0.39 is 40.7 Å². The van der Waals surface area contributed by atoms with Gasteiger partial charge in [-0.3, -0.25) is 4.79 Å². The number of aromatic nitrogens is 3. The number of hydrogen-bond donors (Lipinski definition) is 2. The van der Waals surface area contributed by atoms with Crippen molar-refractivity contribution in [2.45, 2.75) is 31.5 Å². The van der Waals surface area contributed by atoms with Gasteiger partial charge in [0.05, 0.1) is 12.1 Å². The fraction of sp³-hybridized carbons (Fsp3) is 0.304. The molecule has 4 rings (SSSR count). The van der Waals surface area contributed by atoms with Gasteiger partial charge in [0, 0.05) is 30.3 Å². The molecule has 0 spiro atoms. The van der Waals surface area contributed by atoms with Crippen LogP contribution in [-0.4, -0.2) is 27.4 Å². The number of carbonyl (C=O) groups is 1. The molecule has 11 heteroatoms. The van der Waals surface area contributed by atoms with Gasteiger partial charge in [0.15, 0.2) is 5.69 Å². The summed E-state index contributed by atoms with van der Waals surface area (Å²) in [6, 6.07) is 8.22. The number of alkyl halides is 3. The van der Waals surface area contributed by atoms with Crippen molar-refractivity contribution in [2.24, 2.45) is 5.92 Å². The number of amides is 1. The van der Waals surface area contributed by atoms with Gasteiger partial charge in [-0.1, -0.05) is 12.1 Å². The smallest absolute Gasteiger partial charge is 0.312 e. The number of halogens is 5. The van der Waals surface area contributed by atoms with Crippen molar-refractivity contribution in [1.82, 2.24) is 20.3 Å². The predicted octanol–water partition coefficient (Wildman–Crippen LogP) is 4.16. The van der Waals surface area contributed by atoms with Gasteiger partial charge in [0.25, 0.3) is 0 Å². The average molecular weight is 477 g/mol. The van der Waals surface area contributed by atoms with Gasteiger partial charge in [-0.25, -0.2) is 23.7 Å². The minimum absolute atomic E-state index is 0.000590. The molecule has 1 aliphatic rings. The fourth-order valence-corrected chi connectivity index (χ4v) is 4.02. The third kappa shape index (κ3) is 5.04. The van der Waals surface area contributed by atoms with Crippen molar-refractivity contribution in [2.75, 3.05) is 11.9 Å². The van der Waals surface area contributed by atoms with E-state index in [1.165, 1.54) is 31.2 Å². The molecular formula is C23H20F5N5O. The number of carbonyl (C=O) groups excluding carboxylic acids is 1. The Morgan fingerprint density at radius 1 is 1.12 bits per heavy atom. The highest BCUT2D eigenvalue weighted by Gasteiger charge is 2.59. The molecular weight excluding hydrogens is 457 g/mol. The van der Waals surface area contributed by atoms with Crippen LogP contribution in [0, 0.1) is 24.5 Å². The summed E-state index contributed by atoms with van der Waals surface area (Å²) in [6.07, 6.45) is -2.22. The van der Waals surface area contributed by atoms with E-state index in [1.54, 1.807) is 6.07 Å². The predicted molar refractivity (Wildman–Crippen MR) is 112 cm³/mol. The maximum atomic E-state index is 13.9. The Labute approximate surface area is 191 Å². The van der Waals surface area contributed by atoms with Gasteiger partial charge in [0.2, 0.25) is 5.91 Å². The van der Waals surface area contributed by atoms with Gasteiger partial charge in [-0.2, -0.15) is 13.2 Å². The zero-order chi connectivity index (χ0) is 24.5. The van der Waals surface area contributed by atoms with Crippen molar-refractivity contribution < 1.29 is 26.7 Å². The van der Waals surface area contributed by atoms with Crippen LogP contribution >= 0.6 is 0 Å². The number of anilines is 1. The van der Waals surface area contributed by atoms with E-state index >= 15 is 0 Å². The van der Waals surface area contributed by atoms with E-state index in [0.717, 1.165) is 18.5 Å². The number of hydrogen-bond acceptors (Lipinski definition) is 5. The molecule has 178 valence electrons. The number of nitrogens with zero attached hydrogens (tertiary/aromatic N) is 3. The minimum atomic E-state index is -4.64. The summed E-state index contributed by atoms with van der Waals surface area (Å²) in [5, 5.41) is 5.57. The Balaban J connectivity index is 1.52. The van der Waals surface area contributed by atoms with E-state index in [2.05, 4.69) is 25.6 Å². The third-order valence-corrected chi connectivity index (χ3v) is 5.78. The highest BCUT2D eigenvalue weighted by Crippen LogP contribution is 2.54. The molecule has 0 radical (unpaired) electrons. The normalized spacial score (nSPS) is 19.6. The van der Waals surface area contributed by atoms with Crippen LogP contribution in [0.2, 0.25) is 0 Å². The van der Waals surface area contributed by atoms with E-state index in [-0.39, 0.29) is 30.3 Å². The van der Waals surface area contributed by atoms with Gasteiger partial charge in [-0.05, 0) is 43.2 Å². The highest BCUT2D eigenvalue weighted by molar-refractivity contribution is 5.95. The van der Waals surface area contributed by atoms with E-state index in [0.29, 0.717) is 12.0 Å². The van der Waals surface area contributed by atoms with Crippen molar-refractivity contribution in [3.8, 4) is 0 Å². The molecule has 0 bridgehead atoms. The molecule has 1 amide bonds. The molecule has 6 nitrogen and oxygen atoms in total. The first-order chi connectivity index (χ1) is 16.1. The lowest BCUT2D eigenvalue weighted by Crippen LogP contribution is -2.32. The zero-order valence-electron chi connectivity index (χ0n) is 18.0. The summed E-state index contributed by atoms with van der Waals surface area (Å²) in [7, 11) is 0. The molecule has 1 fully saturated rings. The van der Waals surface area contributed by atoms with Gasteiger partial charge in [0.1, 0.15) is 23.3 Å². The first-order valence-electron chi connectivity index (χ1n) is 10.4. The summed E-state index contributed by atoms with van der Waals surface area (Å²) in [5.74, 6) is -1.88. The number of benzene rings is 1. The van der Waals surface area contributed by atoms with Gasteiger partial charge < -0.3 is 10.6 Å². The Hall–Kier alpha value is -3.47. The van der Waals surface area contributed by atoms with Crippen molar-refractivity contribution in [1.29, 1.82) is 0 Å². The zero-order valence-corrected chi connectivity index (χ0v) is 18.0. The molecule has 1 aromatic carbocycles. The summed E-state index contributed by atoms with van der Waals surface area (Å²) in [4.78, 5) is 24.0. The minimum Gasteiger partial charge on any atom is -0.312 e. The molecule has 3 aromatic rings. The van der Waals surface area contributed by atoms with Crippen LogP contribution in [-0.2, 0) is 22.9 Å². The lowest BCUT2D eigenvalue weighted by molar-refractivity contribution is -0.142. The molecule has 0 saturated heterocycles. The van der Waals surface area contributed by atoms with Crippen molar-refractivity contribution in [3.05, 3.63) is 83.1 Å². The van der Waals surface area contributed by atoms with Crippen LogP contribution in [0.3, 0.4) is 0 Å². The van der Waals surface area contributed by atoms with Crippen LogP contribution in [0.1, 0.15) is 29.1 Å². The number of pyridine rings is 1. The summed E-state index contributed by atoms with van der Waals surface area (Å²) < 4.78 is 67.1. The first kappa shape index (κ1) is 23.7. The second-order valence-corrected chi connectivity index (χ2v) is 8.17. The Kier molecular flexibility index (Phi) is 6.30. The molecule has 0 aliphatic heterocycles. The van der Waals surface area contributed by atoms with E-state index in [9.17, 15) is 26.7 Å². The SMILES string of the molecule is Cc1ncc(CNC[C@@]2(c3cccc(F)c3)C[C@H]2C(=O)Nc2ccc(F)cn2)c(C(F)(F)F)n1. The molecule has 1 aliphatic carbocycles. The lowest BCUT2D eigenvalue weighted by atomic mass is 9.92. The van der Waals surface area contributed by atoms with Gasteiger partial charge in [-0.15, -0.1) is 0 Å². The number of rotatable bonds is 7. The van der Waals surface area contributed by atoms with Crippen molar-refractivity contribution in [3.63, 3.8) is 0 Å². The largest absolute Gasteiger partial charge is 0.433 e. The Morgan fingerprint density at radius 2 is 1.91 bits per heavy atom. The number of nitrogens with one attached hydrogen (secondary N) is 2. The molecule has 0 unspecified atom stereocenters. The van der Waals surface area contributed by atoms with Crippen LogP contribution in [0.5, 0.6) is 0 Å². The van der Waals surface area contributed by atoms with Crippen LogP contribution in [0.15, 0.2) is 48.8 Å². The molecule has 2 atom stereocenters. The first-order valence-corrected chi connectivity index (χ1v) is 10.4. The summed E-state index contributed by atoms with van der Waals surface area (Å²) in [5.41, 5.74) is -1.45. The second-order valence-electron chi connectivity index (χ2n) is 8.17. The van der Waals surface area contributed by atoms with Crippen LogP contribution in [0.25, 0.3) is 0 Å². The fourth-order valence-electron chi connectivity index (χ4n) is 4.02. The molecule has 2 aromatic heterocycles. The van der Waals surface area contributed by atoms with E-state index in [4.69, 9.17) is 0 Å². The molecule has 2 N–H and O–H groups in total. The maximum Gasteiger partial charge on any atom is 0.433 e. The lowest BCUT2D eigenvalue weighted by Gasteiger charge is -2.20. The van der Waals surface area contributed by atoms with Crippen LogP contribution in [0.4, 0.5) is 27.8 Å². The van der Waals surface area contributed by atoms with Crippen molar-refractivity contribution >= 4 is 11.7 Å². The molecule has 34 heavy (non-hydrogen) atoms. The Morgan fingerprint density at radius 3 is 2.59 bits per heavy atom. The van der Waals surface area contributed by atoms with Crippen LogP contribution < -0.4 is 10.6 Å². The number of aryl methyl sites for hydroxylation is 1. The standard InChI is InChI=1S/C23H20F5N5O/c1-13-30-10-14(20(32-13)23(26,27)28)9-29-12-22(15-3-2-4-16(24)7-15)8-18(22)21(34)33-19-6-5-17(25)11-31-19/h2-7,10-11,18,29H,8-9,12H2,1H3,(H,31,33,34)/t18-,22+/m0/s1. The third-order valence-electron chi connectivity index (χ3n) is 5.78. The monoisotopic (exact) mass is 477 g/mol. The second kappa shape index (κ2) is 9.05.